The first kappa shape index (κ1) is 16.6. The van der Waals surface area contributed by atoms with Crippen LogP contribution in [0.25, 0.3) is 0 Å². The molecule has 4 heteroatoms. The van der Waals surface area contributed by atoms with Crippen molar-refractivity contribution in [3.8, 4) is 0 Å². The Labute approximate surface area is 129 Å². The zero-order valence-corrected chi connectivity index (χ0v) is 14.2. The Bertz CT molecular complexity index is 369. The minimum absolute atomic E-state index is 0.248. The molecule has 0 radical (unpaired) electrons. The van der Waals surface area contributed by atoms with E-state index in [1.54, 1.807) is 0 Å². The normalized spacial score (nSPS) is 31.6. The molecule has 1 amide bonds. The zero-order valence-electron chi connectivity index (χ0n) is 14.2. The Kier molecular flexibility index (Phi) is 4.86. The molecule has 21 heavy (non-hydrogen) atoms. The van der Waals surface area contributed by atoms with Crippen molar-refractivity contribution in [1.82, 2.24) is 5.32 Å². The zero-order chi connectivity index (χ0) is 15.7. The van der Waals surface area contributed by atoms with Gasteiger partial charge in [-0.05, 0) is 64.2 Å². The van der Waals surface area contributed by atoms with Gasteiger partial charge in [-0.3, -0.25) is 0 Å². The van der Waals surface area contributed by atoms with Gasteiger partial charge in [-0.25, -0.2) is 4.79 Å². The summed E-state index contributed by atoms with van der Waals surface area (Å²) in [6, 6.07) is 0.248. The molecule has 3 atom stereocenters. The second-order valence-electron chi connectivity index (χ2n) is 8.34. The summed E-state index contributed by atoms with van der Waals surface area (Å²) >= 11 is 0. The van der Waals surface area contributed by atoms with E-state index in [1.807, 2.05) is 20.8 Å². The monoisotopic (exact) mass is 297 g/mol. The van der Waals surface area contributed by atoms with Gasteiger partial charge in [0.1, 0.15) is 5.60 Å². The highest BCUT2D eigenvalue weighted by molar-refractivity contribution is 5.68. The SMILES string of the molecule is CC(C)(C)OC(=O)NC1CCC(C)(C)C(CCC2CO2)C1. The fourth-order valence-corrected chi connectivity index (χ4v) is 3.27. The second kappa shape index (κ2) is 6.15. The van der Waals surface area contributed by atoms with Crippen LogP contribution in [0.2, 0.25) is 0 Å². The van der Waals surface area contributed by atoms with Gasteiger partial charge >= 0.3 is 6.09 Å². The Hall–Kier alpha value is -0.770. The summed E-state index contributed by atoms with van der Waals surface area (Å²) in [4.78, 5) is 11.9. The fourth-order valence-electron chi connectivity index (χ4n) is 3.27. The summed E-state index contributed by atoms with van der Waals surface area (Å²) in [6.07, 6.45) is 5.83. The van der Waals surface area contributed by atoms with Crippen molar-refractivity contribution in [1.29, 1.82) is 0 Å². The van der Waals surface area contributed by atoms with Gasteiger partial charge in [-0.2, -0.15) is 0 Å². The van der Waals surface area contributed by atoms with E-state index in [4.69, 9.17) is 9.47 Å². The molecule has 1 aliphatic carbocycles. The highest BCUT2D eigenvalue weighted by Crippen LogP contribution is 2.43. The lowest BCUT2D eigenvalue weighted by molar-refractivity contribution is 0.0421. The van der Waals surface area contributed by atoms with Crippen molar-refractivity contribution in [3.05, 3.63) is 0 Å². The summed E-state index contributed by atoms with van der Waals surface area (Å²) in [5.74, 6) is 0.649. The van der Waals surface area contributed by atoms with Gasteiger partial charge < -0.3 is 14.8 Å². The van der Waals surface area contributed by atoms with E-state index < -0.39 is 5.60 Å². The Morgan fingerprint density at radius 2 is 2.00 bits per heavy atom. The summed E-state index contributed by atoms with van der Waals surface area (Å²) in [6.45, 7) is 11.3. The average molecular weight is 297 g/mol. The van der Waals surface area contributed by atoms with Crippen LogP contribution >= 0.6 is 0 Å². The quantitative estimate of drug-likeness (QED) is 0.801. The number of carbonyl (C=O) groups excluding carboxylic acids is 1. The van der Waals surface area contributed by atoms with E-state index in [1.165, 1.54) is 6.42 Å². The minimum Gasteiger partial charge on any atom is -0.444 e. The van der Waals surface area contributed by atoms with Crippen molar-refractivity contribution in [2.75, 3.05) is 6.61 Å². The first-order valence-corrected chi connectivity index (χ1v) is 8.27. The van der Waals surface area contributed by atoms with E-state index in [-0.39, 0.29) is 12.1 Å². The molecule has 0 spiro atoms. The molecular weight excluding hydrogens is 266 g/mol. The largest absolute Gasteiger partial charge is 0.444 e. The predicted octanol–water partition coefficient (Wildman–Crippen LogP) is 3.89. The number of carbonyl (C=O) groups is 1. The first-order chi connectivity index (χ1) is 9.66. The number of alkyl carbamates (subject to hydrolysis) is 1. The lowest BCUT2D eigenvalue weighted by atomic mass is 9.65. The molecule has 2 aliphatic rings. The molecule has 1 aliphatic heterocycles. The van der Waals surface area contributed by atoms with Crippen molar-refractivity contribution >= 4 is 6.09 Å². The summed E-state index contributed by atoms with van der Waals surface area (Å²) in [5, 5.41) is 3.05. The van der Waals surface area contributed by atoms with Crippen LogP contribution < -0.4 is 5.32 Å². The van der Waals surface area contributed by atoms with Crippen LogP contribution in [0.4, 0.5) is 4.79 Å². The summed E-state index contributed by atoms with van der Waals surface area (Å²) in [7, 11) is 0. The number of epoxide rings is 1. The molecule has 0 aromatic heterocycles. The molecule has 1 N–H and O–H groups in total. The molecule has 4 nitrogen and oxygen atoms in total. The van der Waals surface area contributed by atoms with E-state index in [9.17, 15) is 4.79 Å². The van der Waals surface area contributed by atoms with Crippen LogP contribution in [0.3, 0.4) is 0 Å². The van der Waals surface area contributed by atoms with E-state index >= 15 is 0 Å². The highest BCUT2D eigenvalue weighted by Gasteiger charge is 2.38. The Morgan fingerprint density at radius 1 is 1.33 bits per heavy atom. The predicted molar refractivity (Wildman–Crippen MR) is 83.3 cm³/mol. The maximum absolute atomic E-state index is 11.9. The summed E-state index contributed by atoms with van der Waals surface area (Å²) < 4.78 is 10.7. The molecule has 2 rings (SSSR count). The van der Waals surface area contributed by atoms with Crippen LogP contribution in [-0.4, -0.2) is 30.4 Å². The number of nitrogens with one attached hydrogen (secondary N) is 1. The Morgan fingerprint density at radius 3 is 2.57 bits per heavy atom. The number of hydrogen-bond acceptors (Lipinski definition) is 3. The lowest BCUT2D eigenvalue weighted by Gasteiger charge is -2.42. The third-order valence-corrected chi connectivity index (χ3v) is 4.77. The van der Waals surface area contributed by atoms with E-state index in [2.05, 4.69) is 19.2 Å². The Balaban J connectivity index is 1.82. The van der Waals surface area contributed by atoms with Gasteiger partial charge in [0.05, 0.1) is 12.7 Å². The molecule has 1 saturated heterocycles. The van der Waals surface area contributed by atoms with Gasteiger partial charge in [-0.1, -0.05) is 13.8 Å². The third-order valence-electron chi connectivity index (χ3n) is 4.77. The highest BCUT2D eigenvalue weighted by atomic mass is 16.6. The molecule has 1 saturated carbocycles. The smallest absolute Gasteiger partial charge is 0.407 e. The van der Waals surface area contributed by atoms with E-state index in [0.29, 0.717) is 17.4 Å². The van der Waals surface area contributed by atoms with Crippen LogP contribution in [0, 0.1) is 11.3 Å². The van der Waals surface area contributed by atoms with Crippen molar-refractivity contribution in [2.24, 2.45) is 11.3 Å². The topological polar surface area (TPSA) is 50.9 Å². The van der Waals surface area contributed by atoms with Crippen LogP contribution in [-0.2, 0) is 9.47 Å². The molecule has 3 unspecified atom stereocenters. The van der Waals surface area contributed by atoms with Gasteiger partial charge in [0.25, 0.3) is 0 Å². The molecule has 2 fully saturated rings. The van der Waals surface area contributed by atoms with Gasteiger partial charge in [0.15, 0.2) is 0 Å². The fraction of sp³-hybridized carbons (Fsp3) is 0.941. The summed E-state index contributed by atoms with van der Waals surface area (Å²) in [5.41, 5.74) is -0.0677. The van der Waals surface area contributed by atoms with Crippen LogP contribution in [0.1, 0.15) is 66.7 Å². The van der Waals surface area contributed by atoms with Crippen LogP contribution in [0.5, 0.6) is 0 Å². The molecule has 0 aromatic rings. The van der Waals surface area contributed by atoms with Gasteiger partial charge in [0, 0.05) is 6.04 Å². The number of amides is 1. The number of hydrogen-bond donors (Lipinski definition) is 1. The minimum atomic E-state index is -0.430. The van der Waals surface area contributed by atoms with Crippen molar-refractivity contribution < 1.29 is 14.3 Å². The van der Waals surface area contributed by atoms with E-state index in [0.717, 1.165) is 32.3 Å². The number of rotatable bonds is 4. The van der Waals surface area contributed by atoms with Gasteiger partial charge in [0.2, 0.25) is 0 Å². The molecule has 0 bridgehead atoms. The third kappa shape index (κ3) is 5.50. The maximum Gasteiger partial charge on any atom is 0.407 e. The molecule has 122 valence electrons. The molecular formula is C17H31NO3. The molecule has 0 aromatic carbocycles. The average Bonchev–Trinajstić information content (AvgIpc) is 3.11. The van der Waals surface area contributed by atoms with Crippen LogP contribution in [0.15, 0.2) is 0 Å². The van der Waals surface area contributed by atoms with Gasteiger partial charge in [-0.15, -0.1) is 0 Å². The molecule has 1 heterocycles. The lowest BCUT2D eigenvalue weighted by Crippen LogP contribution is -2.45. The first-order valence-electron chi connectivity index (χ1n) is 8.27. The van der Waals surface area contributed by atoms with Crippen molar-refractivity contribution in [2.45, 2.75) is 84.5 Å². The standard InChI is InChI=1S/C17H31NO3/c1-16(2,3)21-15(19)18-13-8-9-17(4,5)12(10-13)6-7-14-11-20-14/h12-14H,6-11H2,1-5H3,(H,18,19). The maximum atomic E-state index is 11.9. The number of ether oxygens (including phenoxy) is 2. The second-order valence-corrected chi connectivity index (χ2v) is 8.34. The van der Waals surface area contributed by atoms with Crippen molar-refractivity contribution in [3.63, 3.8) is 0 Å².